The molecule has 0 aliphatic heterocycles. The van der Waals surface area contributed by atoms with Crippen molar-refractivity contribution < 1.29 is 14.0 Å². The van der Waals surface area contributed by atoms with Crippen LogP contribution in [-0.2, 0) is 0 Å². The molecule has 0 spiro atoms. The number of benzene rings is 7. The molecule has 0 unspecified atom stereocenters. The highest BCUT2D eigenvalue weighted by molar-refractivity contribution is 7.25. The molecule has 234 valence electrons. The molecule has 0 N–H and O–H groups in total. The predicted molar refractivity (Wildman–Crippen MR) is 207 cm³/mol. The number of thiophene rings is 1. The van der Waals surface area contributed by atoms with Gasteiger partial charge in [-0.25, -0.2) is 15.0 Å². The summed E-state index contributed by atoms with van der Waals surface area (Å²) in [5, 5.41) is 2.22. The van der Waals surface area contributed by atoms with E-state index in [9.17, 15) is 1.37 Å². The Morgan fingerprint density at radius 2 is 1.12 bits per heavy atom. The molecule has 10 rings (SSSR count). The zero-order valence-corrected chi connectivity index (χ0v) is 27.0. The van der Waals surface area contributed by atoms with Crippen molar-refractivity contribution in [3.63, 3.8) is 0 Å². The van der Waals surface area contributed by atoms with E-state index in [4.69, 9.17) is 27.6 Å². The van der Waals surface area contributed by atoms with Gasteiger partial charge in [0.1, 0.15) is 11.2 Å². The van der Waals surface area contributed by atoms with E-state index in [0.29, 0.717) is 34.2 Å². The summed E-state index contributed by atoms with van der Waals surface area (Å²) in [6, 6.07) is 37.3. The van der Waals surface area contributed by atoms with Crippen LogP contribution in [0.5, 0.6) is 0 Å². The van der Waals surface area contributed by atoms with Gasteiger partial charge in [-0.2, -0.15) is 0 Å². The van der Waals surface area contributed by atoms with Crippen LogP contribution in [0.2, 0.25) is 0 Å². The average Bonchev–Trinajstić information content (AvgIpc) is 3.85. The zero-order chi connectivity index (χ0) is 39.1. The van der Waals surface area contributed by atoms with Gasteiger partial charge in [0, 0.05) is 47.6 Å². The van der Waals surface area contributed by atoms with Gasteiger partial charge in [0.05, 0.1) is 9.60 Å². The summed E-state index contributed by atoms with van der Waals surface area (Å²) in [5.41, 5.74) is 6.35. The summed E-state index contributed by atoms with van der Waals surface area (Å²) in [6.07, 6.45) is 0. The lowest BCUT2D eigenvalue weighted by Crippen LogP contribution is -2.00. The lowest BCUT2D eigenvalue weighted by atomic mass is 10.0. The van der Waals surface area contributed by atoms with Crippen LogP contribution in [0.1, 0.15) is 9.60 Å². The molecule has 10 aromatic rings. The number of para-hydroxylation sites is 1. The van der Waals surface area contributed by atoms with E-state index in [-0.39, 0.29) is 62.0 Å². The fraction of sp³-hybridized carbons (Fsp3) is 0. The molecule has 3 aromatic heterocycles. The molecule has 50 heavy (non-hydrogen) atoms. The summed E-state index contributed by atoms with van der Waals surface area (Å²) in [4.78, 5) is 15.1. The van der Waals surface area contributed by atoms with Gasteiger partial charge in [0.2, 0.25) is 0 Å². The Morgan fingerprint density at radius 1 is 0.460 bits per heavy atom. The Kier molecular flexibility index (Phi) is 5.17. The van der Waals surface area contributed by atoms with Gasteiger partial charge in [-0.15, -0.1) is 11.3 Å². The number of fused-ring (bicyclic) bond motifs is 6. The Labute approximate surface area is 301 Å². The minimum atomic E-state index is -0.410. The van der Waals surface area contributed by atoms with E-state index >= 15 is 0 Å². The first-order chi connectivity index (χ1) is 27.7. The molecular weight excluding hydrogens is 631 g/mol. The van der Waals surface area contributed by atoms with E-state index in [2.05, 4.69) is 12.1 Å². The fourth-order valence-electron chi connectivity index (χ4n) is 6.42. The minimum absolute atomic E-state index is 0.0894. The van der Waals surface area contributed by atoms with E-state index < -0.39 is 6.04 Å². The quantitative estimate of drug-likeness (QED) is 0.184. The van der Waals surface area contributed by atoms with Crippen molar-refractivity contribution in [1.82, 2.24) is 15.0 Å². The molecule has 0 aliphatic carbocycles. The van der Waals surface area contributed by atoms with Crippen LogP contribution in [0.4, 0.5) is 0 Å². The number of nitrogens with zero attached hydrogens (tertiary/aromatic N) is 3. The Bertz CT molecular complexity index is 3270. The molecule has 0 radical (unpaired) electrons. The van der Waals surface area contributed by atoms with E-state index in [1.807, 2.05) is 91.0 Å². The first-order valence-electron chi connectivity index (χ1n) is 19.5. The summed E-state index contributed by atoms with van der Waals surface area (Å²) in [5.74, 6) is 1.23. The maximum absolute atomic E-state index is 9.38. The van der Waals surface area contributed by atoms with Gasteiger partial charge >= 0.3 is 0 Å². The standard InChI is InChI=1S/C45H27N3OS/c1-2-10-28(11-3-1)29-20-22-30(23-21-29)43-46-44(48-45(47-43)36-16-9-18-39-42(36)35-15-4-6-17-38(35)49-39)33-13-8-12-31(26-33)32-24-25-41-37(27-32)34-14-5-7-19-40(34)50-41/h1-27H/i5D,7D,14D,19D,24D,25D,27D. The summed E-state index contributed by atoms with van der Waals surface area (Å²) in [7, 11) is 0. The number of furan rings is 1. The Hall–Kier alpha value is -6.43. The second-order valence-electron chi connectivity index (χ2n) is 11.9. The second-order valence-corrected chi connectivity index (χ2v) is 12.9. The van der Waals surface area contributed by atoms with Crippen LogP contribution in [0.3, 0.4) is 0 Å². The number of hydrogen-bond acceptors (Lipinski definition) is 5. The predicted octanol–water partition coefficient (Wildman–Crippen LogP) is 12.5. The molecule has 5 heteroatoms. The molecule has 0 bridgehead atoms. The molecule has 0 amide bonds. The van der Waals surface area contributed by atoms with Crippen molar-refractivity contribution in [3.05, 3.63) is 164 Å². The maximum atomic E-state index is 9.38. The van der Waals surface area contributed by atoms with Crippen molar-refractivity contribution in [2.24, 2.45) is 0 Å². The van der Waals surface area contributed by atoms with Crippen molar-refractivity contribution in [1.29, 1.82) is 0 Å². The Morgan fingerprint density at radius 3 is 2.02 bits per heavy atom. The molecule has 4 nitrogen and oxygen atoms in total. The zero-order valence-electron chi connectivity index (χ0n) is 33.2. The SMILES string of the molecule is [2H]c1c([2H])c([2H])c2c(sc3c([2H])c([2H])c(-c4cccc(-c5nc(-c6ccc(-c7ccccc7)cc6)nc(-c6cccc7oc8ccccc8c67)n5)c4)c([2H])c32)c1[2H]. The summed E-state index contributed by atoms with van der Waals surface area (Å²) >= 11 is 1.01. The third kappa shape index (κ3) is 4.87. The first-order valence-corrected chi connectivity index (χ1v) is 16.8. The molecular formula is C45H27N3OS. The van der Waals surface area contributed by atoms with E-state index in [1.165, 1.54) is 0 Å². The van der Waals surface area contributed by atoms with Crippen LogP contribution >= 0.6 is 11.3 Å². The van der Waals surface area contributed by atoms with Crippen LogP contribution < -0.4 is 0 Å². The number of aromatic nitrogens is 3. The highest BCUT2D eigenvalue weighted by atomic mass is 32.1. The smallest absolute Gasteiger partial charge is 0.164 e. The monoisotopic (exact) mass is 664 g/mol. The van der Waals surface area contributed by atoms with Crippen LogP contribution in [0.25, 0.3) is 98.5 Å². The van der Waals surface area contributed by atoms with Gasteiger partial charge in [-0.3, -0.25) is 0 Å². The number of hydrogen-bond donors (Lipinski definition) is 0. The molecule has 0 atom stereocenters. The van der Waals surface area contributed by atoms with Gasteiger partial charge in [0.15, 0.2) is 17.5 Å². The van der Waals surface area contributed by atoms with Gasteiger partial charge < -0.3 is 4.42 Å². The summed E-state index contributed by atoms with van der Waals surface area (Å²) < 4.78 is 67.9. The van der Waals surface area contributed by atoms with E-state index in [0.717, 1.165) is 49.9 Å². The van der Waals surface area contributed by atoms with Crippen molar-refractivity contribution in [2.45, 2.75) is 0 Å². The fourth-order valence-corrected chi connectivity index (χ4v) is 7.34. The van der Waals surface area contributed by atoms with E-state index in [1.54, 1.807) is 18.2 Å². The second kappa shape index (κ2) is 11.6. The highest BCUT2D eigenvalue weighted by Crippen LogP contribution is 2.39. The minimum Gasteiger partial charge on any atom is -0.456 e. The molecule has 0 aliphatic rings. The normalized spacial score (nSPS) is 13.6. The molecule has 7 aromatic carbocycles. The first kappa shape index (κ1) is 22.3. The molecule has 0 saturated carbocycles. The lowest BCUT2D eigenvalue weighted by molar-refractivity contribution is 0.669. The topological polar surface area (TPSA) is 51.8 Å². The molecule has 0 saturated heterocycles. The summed E-state index contributed by atoms with van der Waals surface area (Å²) in [6.45, 7) is 0. The number of rotatable bonds is 5. The lowest BCUT2D eigenvalue weighted by Gasteiger charge is -2.11. The highest BCUT2D eigenvalue weighted by Gasteiger charge is 2.18. The van der Waals surface area contributed by atoms with Gasteiger partial charge in [-0.1, -0.05) is 127 Å². The maximum Gasteiger partial charge on any atom is 0.164 e. The van der Waals surface area contributed by atoms with Crippen LogP contribution in [0.15, 0.2) is 168 Å². The van der Waals surface area contributed by atoms with Crippen molar-refractivity contribution in [3.8, 4) is 56.4 Å². The van der Waals surface area contributed by atoms with Crippen molar-refractivity contribution >= 4 is 53.4 Å². The van der Waals surface area contributed by atoms with Crippen LogP contribution in [-0.4, -0.2) is 15.0 Å². The third-order valence-electron chi connectivity index (χ3n) is 8.82. The van der Waals surface area contributed by atoms with Crippen molar-refractivity contribution in [2.75, 3.05) is 0 Å². The third-order valence-corrected chi connectivity index (χ3v) is 9.84. The van der Waals surface area contributed by atoms with Crippen LogP contribution in [0, 0.1) is 0 Å². The van der Waals surface area contributed by atoms with Gasteiger partial charge in [0.25, 0.3) is 0 Å². The average molecular weight is 665 g/mol. The Balaban J connectivity index is 1.18. The molecule has 0 fully saturated rings. The largest absolute Gasteiger partial charge is 0.456 e. The molecule has 3 heterocycles. The van der Waals surface area contributed by atoms with Gasteiger partial charge in [-0.05, 0) is 58.6 Å².